The summed E-state index contributed by atoms with van der Waals surface area (Å²) in [6.07, 6.45) is 5.20. The molecule has 3 heterocycles. The number of amides is 3. The lowest BCUT2D eigenvalue weighted by molar-refractivity contribution is -0.120. The summed E-state index contributed by atoms with van der Waals surface area (Å²) in [5.41, 5.74) is 2.73. The highest BCUT2D eigenvalue weighted by Gasteiger charge is 2.29. The maximum atomic E-state index is 12.5. The Labute approximate surface area is 146 Å². The van der Waals surface area contributed by atoms with Crippen LogP contribution in [-0.2, 0) is 18.9 Å². The summed E-state index contributed by atoms with van der Waals surface area (Å²) in [5.74, 6) is -0.111. The summed E-state index contributed by atoms with van der Waals surface area (Å²) in [6.45, 7) is 4.86. The fraction of sp³-hybridized carbons (Fsp3) is 0.500. The van der Waals surface area contributed by atoms with Gasteiger partial charge in [-0.1, -0.05) is 0 Å². The number of urea groups is 1. The SMILES string of the molecule is Cc1c([C@H](C)NC(=O)N2CCN(c3cnn(C)c3)C(=O)C2)cnn1C. The van der Waals surface area contributed by atoms with Gasteiger partial charge in [-0.3, -0.25) is 14.2 Å². The first kappa shape index (κ1) is 17.0. The molecule has 1 N–H and O–H groups in total. The van der Waals surface area contributed by atoms with Gasteiger partial charge in [-0.2, -0.15) is 10.2 Å². The maximum Gasteiger partial charge on any atom is 0.318 e. The molecule has 0 spiro atoms. The van der Waals surface area contributed by atoms with Crippen molar-refractivity contribution in [2.45, 2.75) is 19.9 Å². The zero-order valence-corrected chi connectivity index (χ0v) is 14.9. The van der Waals surface area contributed by atoms with Gasteiger partial charge in [-0.25, -0.2) is 4.79 Å². The van der Waals surface area contributed by atoms with Crippen LogP contribution in [0.25, 0.3) is 0 Å². The molecule has 0 aliphatic carbocycles. The van der Waals surface area contributed by atoms with E-state index in [0.717, 1.165) is 16.9 Å². The molecule has 1 saturated heterocycles. The first-order valence-electron chi connectivity index (χ1n) is 8.19. The summed E-state index contributed by atoms with van der Waals surface area (Å²) in [5, 5.41) is 11.2. The second-order valence-electron chi connectivity index (χ2n) is 6.32. The van der Waals surface area contributed by atoms with E-state index in [0.29, 0.717) is 13.1 Å². The molecule has 1 aliphatic rings. The van der Waals surface area contributed by atoms with Crippen LogP contribution in [0.15, 0.2) is 18.6 Å². The van der Waals surface area contributed by atoms with Crippen LogP contribution in [0.4, 0.5) is 10.5 Å². The standard InChI is InChI=1S/C16H23N7O2/c1-11(14-8-18-21(4)12(14)2)19-16(25)22-5-6-23(15(24)10-22)13-7-17-20(3)9-13/h7-9,11H,5-6,10H2,1-4H3,(H,19,25)/t11-/m0/s1. The van der Waals surface area contributed by atoms with Crippen molar-refractivity contribution in [3.05, 3.63) is 29.8 Å². The van der Waals surface area contributed by atoms with Gasteiger partial charge in [0, 0.05) is 44.6 Å². The van der Waals surface area contributed by atoms with Crippen LogP contribution >= 0.6 is 0 Å². The zero-order chi connectivity index (χ0) is 18.1. The normalized spacial score (nSPS) is 16.2. The molecule has 1 atom stereocenters. The van der Waals surface area contributed by atoms with E-state index in [1.165, 1.54) is 4.90 Å². The number of hydrogen-bond donors (Lipinski definition) is 1. The molecule has 2 aromatic rings. The van der Waals surface area contributed by atoms with Gasteiger partial charge >= 0.3 is 6.03 Å². The lowest BCUT2D eigenvalue weighted by atomic mass is 10.1. The van der Waals surface area contributed by atoms with Crippen LogP contribution in [0, 0.1) is 6.92 Å². The number of aryl methyl sites for hydroxylation is 2. The van der Waals surface area contributed by atoms with Gasteiger partial charge in [0.05, 0.1) is 24.1 Å². The number of anilines is 1. The molecule has 9 nitrogen and oxygen atoms in total. The third kappa shape index (κ3) is 3.35. The van der Waals surface area contributed by atoms with Crippen molar-refractivity contribution in [1.29, 1.82) is 0 Å². The van der Waals surface area contributed by atoms with Crippen LogP contribution in [0.1, 0.15) is 24.2 Å². The zero-order valence-electron chi connectivity index (χ0n) is 14.9. The highest BCUT2D eigenvalue weighted by atomic mass is 16.2. The Morgan fingerprint density at radius 2 is 2.00 bits per heavy atom. The highest BCUT2D eigenvalue weighted by molar-refractivity contribution is 5.97. The Balaban J connectivity index is 1.61. The van der Waals surface area contributed by atoms with Gasteiger partial charge in [0.25, 0.3) is 0 Å². The van der Waals surface area contributed by atoms with Gasteiger partial charge in [0.15, 0.2) is 0 Å². The predicted octanol–water partition coefficient (Wildman–Crippen LogP) is 0.581. The van der Waals surface area contributed by atoms with Crippen LogP contribution in [0.3, 0.4) is 0 Å². The molecule has 0 aromatic carbocycles. The van der Waals surface area contributed by atoms with Gasteiger partial charge in [-0.05, 0) is 13.8 Å². The Morgan fingerprint density at radius 3 is 2.56 bits per heavy atom. The largest absolute Gasteiger partial charge is 0.331 e. The molecule has 1 fully saturated rings. The molecule has 25 heavy (non-hydrogen) atoms. The molecule has 134 valence electrons. The van der Waals surface area contributed by atoms with E-state index in [1.807, 2.05) is 20.9 Å². The second kappa shape index (κ2) is 6.58. The Kier molecular flexibility index (Phi) is 4.47. The number of rotatable bonds is 3. The molecule has 0 saturated carbocycles. The van der Waals surface area contributed by atoms with Gasteiger partial charge in [-0.15, -0.1) is 0 Å². The first-order valence-corrected chi connectivity index (χ1v) is 8.19. The van der Waals surface area contributed by atoms with Crippen LogP contribution in [0.2, 0.25) is 0 Å². The van der Waals surface area contributed by atoms with E-state index >= 15 is 0 Å². The number of carbonyl (C=O) groups is 2. The lowest BCUT2D eigenvalue weighted by Crippen LogP contribution is -2.55. The number of carbonyl (C=O) groups excluding carboxylic acids is 2. The monoisotopic (exact) mass is 345 g/mol. The Morgan fingerprint density at radius 1 is 1.24 bits per heavy atom. The molecule has 9 heteroatoms. The highest BCUT2D eigenvalue weighted by Crippen LogP contribution is 2.18. The van der Waals surface area contributed by atoms with Crippen molar-refractivity contribution in [3.63, 3.8) is 0 Å². The summed E-state index contributed by atoms with van der Waals surface area (Å²) < 4.78 is 3.42. The van der Waals surface area contributed by atoms with Crippen LogP contribution in [0.5, 0.6) is 0 Å². The summed E-state index contributed by atoms with van der Waals surface area (Å²) >= 11 is 0. The van der Waals surface area contributed by atoms with Crippen molar-refractivity contribution < 1.29 is 9.59 Å². The minimum Gasteiger partial charge on any atom is -0.331 e. The molecule has 1 aliphatic heterocycles. The summed E-state index contributed by atoms with van der Waals surface area (Å²) in [6, 6.07) is -0.414. The van der Waals surface area contributed by atoms with Crippen molar-refractivity contribution in [2.24, 2.45) is 14.1 Å². The van der Waals surface area contributed by atoms with E-state index in [4.69, 9.17) is 0 Å². The summed E-state index contributed by atoms with van der Waals surface area (Å²) in [4.78, 5) is 28.1. The average Bonchev–Trinajstić information content (AvgIpc) is 3.14. The Hall–Kier alpha value is -2.84. The number of aromatic nitrogens is 4. The van der Waals surface area contributed by atoms with Crippen LogP contribution in [-0.4, -0.2) is 56.0 Å². The second-order valence-corrected chi connectivity index (χ2v) is 6.32. The molecule has 3 rings (SSSR count). The Bertz CT molecular complexity index is 794. The number of piperazine rings is 1. The van der Waals surface area contributed by atoms with Gasteiger partial charge in [0.2, 0.25) is 5.91 Å². The molecule has 0 radical (unpaired) electrons. The molecule has 0 unspecified atom stereocenters. The van der Waals surface area contributed by atoms with Crippen molar-refractivity contribution >= 4 is 17.6 Å². The maximum absolute atomic E-state index is 12.5. The minimum absolute atomic E-state index is 0.0550. The van der Waals surface area contributed by atoms with Gasteiger partial charge in [0.1, 0.15) is 6.54 Å². The molecular weight excluding hydrogens is 322 g/mol. The van der Waals surface area contributed by atoms with E-state index in [9.17, 15) is 9.59 Å². The first-order chi connectivity index (χ1) is 11.9. The smallest absolute Gasteiger partial charge is 0.318 e. The number of nitrogens with one attached hydrogen (secondary N) is 1. The number of hydrogen-bond acceptors (Lipinski definition) is 4. The number of nitrogens with zero attached hydrogens (tertiary/aromatic N) is 6. The molecule has 3 amide bonds. The quantitative estimate of drug-likeness (QED) is 0.881. The van der Waals surface area contributed by atoms with E-state index in [1.54, 1.807) is 39.9 Å². The summed E-state index contributed by atoms with van der Waals surface area (Å²) in [7, 11) is 3.67. The average molecular weight is 345 g/mol. The van der Waals surface area contributed by atoms with Crippen molar-refractivity contribution in [3.8, 4) is 0 Å². The molecule has 0 bridgehead atoms. The fourth-order valence-corrected chi connectivity index (χ4v) is 2.96. The van der Waals surface area contributed by atoms with Crippen molar-refractivity contribution in [1.82, 2.24) is 29.8 Å². The van der Waals surface area contributed by atoms with Crippen LogP contribution < -0.4 is 10.2 Å². The van der Waals surface area contributed by atoms with E-state index in [-0.39, 0.29) is 24.5 Å². The minimum atomic E-state index is -0.241. The third-order valence-electron chi connectivity index (χ3n) is 4.59. The fourth-order valence-electron chi connectivity index (χ4n) is 2.96. The molecular formula is C16H23N7O2. The van der Waals surface area contributed by atoms with E-state index in [2.05, 4.69) is 15.5 Å². The topological polar surface area (TPSA) is 88.3 Å². The van der Waals surface area contributed by atoms with E-state index < -0.39 is 0 Å². The lowest BCUT2D eigenvalue weighted by Gasteiger charge is -2.34. The molecule has 2 aromatic heterocycles. The van der Waals surface area contributed by atoms with Gasteiger partial charge < -0.3 is 15.1 Å². The predicted molar refractivity (Wildman–Crippen MR) is 92.0 cm³/mol. The third-order valence-corrected chi connectivity index (χ3v) is 4.59. The van der Waals surface area contributed by atoms with Crippen molar-refractivity contribution in [2.75, 3.05) is 24.5 Å².